The van der Waals surface area contributed by atoms with Gasteiger partial charge < -0.3 is 10.2 Å². The molecule has 0 spiro atoms. The van der Waals surface area contributed by atoms with Crippen LogP contribution in [-0.4, -0.2) is 21.7 Å². The SMILES string of the molecule is NNC(=O)C1(O)C=C(O)C=CC1. The number of carbonyl (C=O) groups excluding carboxylic acids is 1. The molecule has 0 aromatic heterocycles. The van der Waals surface area contributed by atoms with Crippen molar-refractivity contribution in [2.24, 2.45) is 5.84 Å². The molecule has 1 unspecified atom stereocenters. The molecule has 1 amide bonds. The molecule has 5 N–H and O–H groups in total. The lowest BCUT2D eigenvalue weighted by atomic mass is 9.94. The first-order chi connectivity index (χ1) is 5.58. The lowest BCUT2D eigenvalue weighted by Gasteiger charge is -2.22. The Kier molecular flexibility index (Phi) is 2.16. The molecule has 12 heavy (non-hydrogen) atoms. The van der Waals surface area contributed by atoms with Crippen LogP contribution in [0.25, 0.3) is 0 Å². The molecule has 0 bridgehead atoms. The summed E-state index contributed by atoms with van der Waals surface area (Å²) in [6.07, 6.45) is 4.05. The van der Waals surface area contributed by atoms with Crippen molar-refractivity contribution in [3.63, 3.8) is 0 Å². The number of carbonyl (C=O) groups is 1. The zero-order chi connectivity index (χ0) is 9.19. The Morgan fingerprint density at radius 1 is 1.75 bits per heavy atom. The maximum atomic E-state index is 11.0. The fourth-order valence-corrected chi connectivity index (χ4v) is 0.994. The van der Waals surface area contributed by atoms with E-state index in [2.05, 4.69) is 0 Å². The van der Waals surface area contributed by atoms with E-state index in [0.29, 0.717) is 0 Å². The maximum absolute atomic E-state index is 11.0. The van der Waals surface area contributed by atoms with Crippen molar-refractivity contribution in [3.05, 3.63) is 24.0 Å². The minimum atomic E-state index is -1.71. The second-order valence-electron chi connectivity index (χ2n) is 2.57. The van der Waals surface area contributed by atoms with Gasteiger partial charge in [-0.15, -0.1) is 0 Å². The van der Waals surface area contributed by atoms with Crippen molar-refractivity contribution < 1.29 is 15.0 Å². The van der Waals surface area contributed by atoms with Gasteiger partial charge in [0, 0.05) is 6.42 Å². The Morgan fingerprint density at radius 2 is 2.42 bits per heavy atom. The van der Waals surface area contributed by atoms with Gasteiger partial charge in [-0.1, -0.05) is 6.08 Å². The third-order valence-corrected chi connectivity index (χ3v) is 1.63. The molecule has 0 aromatic rings. The van der Waals surface area contributed by atoms with E-state index in [1.165, 1.54) is 12.2 Å². The Bertz CT molecular complexity index is 259. The summed E-state index contributed by atoms with van der Waals surface area (Å²) in [6.45, 7) is 0. The molecule has 5 nitrogen and oxygen atoms in total. The van der Waals surface area contributed by atoms with Gasteiger partial charge in [0.05, 0.1) is 0 Å². The molecular formula is C7H10N2O3. The van der Waals surface area contributed by atoms with Gasteiger partial charge in [0.25, 0.3) is 5.91 Å². The summed E-state index contributed by atoms with van der Waals surface area (Å²) in [5.41, 5.74) is 0.103. The van der Waals surface area contributed by atoms with E-state index in [4.69, 9.17) is 10.9 Å². The van der Waals surface area contributed by atoms with Crippen LogP contribution in [0.15, 0.2) is 24.0 Å². The minimum absolute atomic E-state index is 0.111. The minimum Gasteiger partial charge on any atom is -0.508 e. The molecule has 0 aliphatic heterocycles. The number of amides is 1. The second kappa shape index (κ2) is 2.96. The third kappa shape index (κ3) is 1.46. The first-order valence-electron chi connectivity index (χ1n) is 3.40. The largest absolute Gasteiger partial charge is 0.508 e. The van der Waals surface area contributed by atoms with E-state index < -0.39 is 11.5 Å². The van der Waals surface area contributed by atoms with E-state index in [9.17, 15) is 9.90 Å². The predicted molar refractivity (Wildman–Crippen MR) is 41.7 cm³/mol. The standard InChI is InChI=1S/C7H10N2O3/c8-9-6(11)7(12)3-1-2-5(10)4-7/h1-2,4,10,12H,3,8H2,(H,9,11). The quantitative estimate of drug-likeness (QED) is 0.233. The average Bonchev–Trinajstić information content (AvgIpc) is 2.02. The van der Waals surface area contributed by atoms with Crippen LogP contribution in [0.3, 0.4) is 0 Å². The molecule has 1 atom stereocenters. The van der Waals surface area contributed by atoms with Crippen LogP contribution in [0.4, 0.5) is 0 Å². The van der Waals surface area contributed by atoms with Crippen LogP contribution in [0.2, 0.25) is 0 Å². The smallest absolute Gasteiger partial charge is 0.270 e. The molecule has 0 saturated carbocycles. The fourth-order valence-electron chi connectivity index (χ4n) is 0.994. The summed E-state index contributed by atoms with van der Waals surface area (Å²) in [4.78, 5) is 11.0. The molecule has 1 rings (SSSR count). The monoisotopic (exact) mass is 170 g/mol. The Labute approximate surface area is 69.2 Å². The van der Waals surface area contributed by atoms with Gasteiger partial charge in [-0.05, 0) is 12.2 Å². The van der Waals surface area contributed by atoms with Gasteiger partial charge in [0.2, 0.25) is 0 Å². The molecule has 1 aliphatic rings. The third-order valence-electron chi connectivity index (χ3n) is 1.63. The maximum Gasteiger partial charge on any atom is 0.270 e. The molecule has 0 heterocycles. The number of rotatable bonds is 1. The summed E-state index contributed by atoms with van der Waals surface area (Å²) >= 11 is 0. The van der Waals surface area contributed by atoms with Crippen LogP contribution < -0.4 is 11.3 Å². The van der Waals surface area contributed by atoms with Crippen LogP contribution in [0.5, 0.6) is 0 Å². The van der Waals surface area contributed by atoms with Gasteiger partial charge >= 0.3 is 0 Å². The van der Waals surface area contributed by atoms with Gasteiger partial charge in [-0.25, -0.2) is 5.84 Å². The van der Waals surface area contributed by atoms with E-state index in [0.717, 1.165) is 6.08 Å². The molecule has 0 fully saturated rings. The molecule has 5 heteroatoms. The van der Waals surface area contributed by atoms with Gasteiger partial charge in [-0.3, -0.25) is 10.2 Å². The molecule has 66 valence electrons. The lowest BCUT2D eigenvalue weighted by Crippen LogP contribution is -2.48. The van der Waals surface area contributed by atoms with Crippen molar-refractivity contribution in [2.45, 2.75) is 12.0 Å². The predicted octanol–water partition coefficient (Wildman–Crippen LogP) is -0.891. The van der Waals surface area contributed by atoms with Crippen LogP contribution in [-0.2, 0) is 4.79 Å². The Hall–Kier alpha value is -1.33. The number of hydrogen-bond donors (Lipinski definition) is 4. The van der Waals surface area contributed by atoms with Crippen molar-refractivity contribution in [1.29, 1.82) is 0 Å². The number of nitrogens with one attached hydrogen (secondary N) is 1. The number of allylic oxidation sites excluding steroid dienone is 1. The van der Waals surface area contributed by atoms with Gasteiger partial charge in [0.1, 0.15) is 5.76 Å². The zero-order valence-electron chi connectivity index (χ0n) is 6.32. The number of hydrogen-bond acceptors (Lipinski definition) is 4. The number of aliphatic hydroxyl groups is 2. The summed E-state index contributed by atoms with van der Waals surface area (Å²) < 4.78 is 0. The highest BCUT2D eigenvalue weighted by Crippen LogP contribution is 2.19. The van der Waals surface area contributed by atoms with Crippen LogP contribution in [0, 0.1) is 0 Å². The zero-order valence-corrected chi connectivity index (χ0v) is 6.32. The molecule has 0 saturated heterocycles. The normalized spacial score (nSPS) is 28.0. The van der Waals surface area contributed by atoms with E-state index in [1.54, 1.807) is 0 Å². The van der Waals surface area contributed by atoms with Gasteiger partial charge in [-0.2, -0.15) is 0 Å². The summed E-state index contributed by atoms with van der Waals surface area (Å²) in [5, 5.41) is 18.5. The molecular weight excluding hydrogens is 160 g/mol. The van der Waals surface area contributed by atoms with E-state index >= 15 is 0 Å². The lowest BCUT2D eigenvalue weighted by molar-refractivity contribution is -0.135. The topological polar surface area (TPSA) is 95.6 Å². The Morgan fingerprint density at radius 3 is 2.92 bits per heavy atom. The fraction of sp³-hybridized carbons (Fsp3) is 0.286. The highest BCUT2D eigenvalue weighted by Gasteiger charge is 2.33. The second-order valence-corrected chi connectivity index (χ2v) is 2.57. The van der Waals surface area contributed by atoms with Crippen molar-refractivity contribution in [3.8, 4) is 0 Å². The number of aliphatic hydroxyl groups excluding tert-OH is 1. The first kappa shape index (κ1) is 8.76. The van der Waals surface area contributed by atoms with Crippen molar-refractivity contribution >= 4 is 5.91 Å². The van der Waals surface area contributed by atoms with Gasteiger partial charge in [0.15, 0.2) is 5.60 Å². The van der Waals surface area contributed by atoms with E-state index in [1.807, 2.05) is 5.43 Å². The number of hydrazine groups is 1. The first-order valence-corrected chi connectivity index (χ1v) is 3.40. The summed E-state index contributed by atoms with van der Waals surface area (Å²) in [7, 11) is 0. The molecule has 1 aliphatic carbocycles. The highest BCUT2D eigenvalue weighted by molar-refractivity contribution is 5.87. The summed E-state index contributed by atoms with van der Waals surface area (Å²) in [6, 6.07) is 0. The van der Waals surface area contributed by atoms with E-state index in [-0.39, 0.29) is 12.2 Å². The van der Waals surface area contributed by atoms with Crippen LogP contribution >= 0.6 is 0 Å². The van der Waals surface area contributed by atoms with Crippen molar-refractivity contribution in [2.75, 3.05) is 0 Å². The molecule has 0 radical (unpaired) electrons. The van der Waals surface area contributed by atoms with Crippen LogP contribution in [0.1, 0.15) is 6.42 Å². The highest BCUT2D eigenvalue weighted by atomic mass is 16.3. The van der Waals surface area contributed by atoms with Crippen molar-refractivity contribution in [1.82, 2.24) is 5.43 Å². The average molecular weight is 170 g/mol. The molecule has 0 aromatic carbocycles. The Balaban J connectivity index is 2.87. The number of nitrogens with two attached hydrogens (primary N) is 1. The summed E-state index contributed by atoms with van der Waals surface area (Å²) in [5.74, 6) is 3.96.